The van der Waals surface area contributed by atoms with Gasteiger partial charge in [-0.2, -0.15) is 0 Å². The third kappa shape index (κ3) is 3.95. The van der Waals surface area contributed by atoms with E-state index in [1.807, 2.05) is 12.1 Å². The van der Waals surface area contributed by atoms with Crippen molar-refractivity contribution < 1.29 is 18.7 Å². The molecule has 5 heteroatoms. The molecule has 4 nitrogen and oxygen atoms in total. The van der Waals surface area contributed by atoms with Crippen molar-refractivity contribution in [3.63, 3.8) is 0 Å². The van der Waals surface area contributed by atoms with Crippen molar-refractivity contribution in [2.45, 2.75) is 52.3 Å². The van der Waals surface area contributed by atoms with Crippen LogP contribution < -0.4 is 0 Å². The van der Waals surface area contributed by atoms with Crippen LogP contribution in [0, 0.1) is 0 Å². The van der Waals surface area contributed by atoms with E-state index in [4.69, 9.17) is 9.05 Å². The molecule has 0 saturated heterocycles. The van der Waals surface area contributed by atoms with Crippen LogP contribution in [0.25, 0.3) is 0 Å². The summed E-state index contributed by atoms with van der Waals surface area (Å²) in [4.78, 5) is 0. The minimum atomic E-state index is -3.64. The lowest BCUT2D eigenvalue weighted by molar-refractivity contribution is 0.0802. The van der Waals surface area contributed by atoms with Crippen LogP contribution in [-0.2, 0) is 24.4 Å². The predicted molar refractivity (Wildman–Crippen MR) is 85.6 cm³/mol. The summed E-state index contributed by atoms with van der Waals surface area (Å²) in [5.41, 5.74) is 1.69. The Hall–Kier alpha value is -0.670. The van der Waals surface area contributed by atoms with E-state index in [-0.39, 0.29) is 18.6 Å². The lowest BCUT2D eigenvalue weighted by Crippen LogP contribution is -2.25. The van der Waals surface area contributed by atoms with Gasteiger partial charge in [0, 0.05) is 0 Å². The summed E-state index contributed by atoms with van der Waals surface area (Å²) in [6.07, 6.45) is 0. The fourth-order valence-corrected chi connectivity index (χ4v) is 3.80. The molecule has 0 aliphatic rings. The van der Waals surface area contributed by atoms with Gasteiger partial charge in [-0.05, 0) is 37.3 Å². The Bertz CT molecular complexity index is 490. The number of rotatable bonds is 6. The van der Waals surface area contributed by atoms with Crippen molar-refractivity contribution in [3.05, 3.63) is 35.4 Å². The maximum absolute atomic E-state index is 12.8. The van der Waals surface area contributed by atoms with Crippen molar-refractivity contribution in [1.82, 2.24) is 0 Å². The number of hydrogen-bond acceptors (Lipinski definition) is 4. The first kappa shape index (κ1) is 18.4. The average Bonchev–Trinajstić information content (AvgIpc) is 2.38. The van der Waals surface area contributed by atoms with Crippen molar-refractivity contribution >= 4 is 7.60 Å². The van der Waals surface area contributed by atoms with E-state index >= 15 is 0 Å². The van der Waals surface area contributed by atoms with Crippen LogP contribution in [0.1, 0.15) is 52.7 Å². The highest BCUT2D eigenvalue weighted by molar-refractivity contribution is 7.54. The first-order valence-corrected chi connectivity index (χ1v) is 8.85. The molecule has 0 radical (unpaired) electrons. The zero-order valence-corrected chi connectivity index (χ0v) is 14.7. The van der Waals surface area contributed by atoms with Gasteiger partial charge in [-0.3, -0.25) is 4.57 Å². The Morgan fingerprint density at radius 2 is 1.33 bits per heavy atom. The third-order valence-electron chi connectivity index (χ3n) is 3.43. The molecule has 0 aliphatic carbocycles. The molecule has 0 fully saturated rings. The maximum Gasteiger partial charge on any atom is 0.366 e. The summed E-state index contributed by atoms with van der Waals surface area (Å²) < 4.78 is 23.4. The lowest BCUT2D eigenvalue weighted by Gasteiger charge is -2.32. The van der Waals surface area contributed by atoms with Crippen molar-refractivity contribution in [3.8, 4) is 0 Å². The van der Waals surface area contributed by atoms with Gasteiger partial charge in [0.05, 0.1) is 13.2 Å². The summed E-state index contributed by atoms with van der Waals surface area (Å²) in [5.74, 6) is 0. The number of aliphatic hydroxyl groups is 1. The Balaban J connectivity index is 3.19. The molecule has 0 spiro atoms. The SMILES string of the molecule is CCOP(=O)(OCC)C(C)(O)c1ccc(C(C)(C)C)cc1. The molecule has 120 valence electrons. The average molecular weight is 314 g/mol. The molecule has 0 aromatic heterocycles. The second kappa shape index (κ2) is 6.62. The molecule has 1 aromatic carbocycles. The maximum atomic E-state index is 12.8. The lowest BCUT2D eigenvalue weighted by atomic mass is 9.86. The molecule has 0 heterocycles. The van der Waals surface area contributed by atoms with Crippen LogP contribution in [0.2, 0.25) is 0 Å². The van der Waals surface area contributed by atoms with Gasteiger partial charge in [0.25, 0.3) is 0 Å². The summed E-state index contributed by atoms with van der Waals surface area (Å²) in [6.45, 7) is 11.7. The smallest absolute Gasteiger partial charge is 0.366 e. The third-order valence-corrected chi connectivity index (χ3v) is 5.95. The molecule has 1 aromatic rings. The zero-order valence-electron chi connectivity index (χ0n) is 13.8. The van der Waals surface area contributed by atoms with Crippen LogP contribution in [0.5, 0.6) is 0 Å². The molecule has 0 aliphatic heterocycles. The quantitative estimate of drug-likeness (QED) is 0.790. The van der Waals surface area contributed by atoms with E-state index < -0.39 is 12.9 Å². The number of benzene rings is 1. The van der Waals surface area contributed by atoms with Crippen LogP contribution in [0.3, 0.4) is 0 Å². The van der Waals surface area contributed by atoms with Gasteiger partial charge < -0.3 is 14.2 Å². The topological polar surface area (TPSA) is 55.8 Å². The molecule has 21 heavy (non-hydrogen) atoms. The Labute approximate surface area is 128 Å². The van der Waals surface area contributed by atoms with Crippen LogP contribution in [-0.4, -0.2) is 18.3 Å². The molecule has 0 saturated carbocycles. The second-order valence-electron chi connectivity index (χ2n) is 6.18. The van der Waals surface area contributed by atoms with Crippen LogP contribution in [0.15, 0.2) is 24.3 Å². The van der Waals surface area contributed by atoms with E-state index in [1.54, 1.807) is 26.0 Å². The predicted octanol–water partition coefficient (Wildman–Crippen LogP) is 4.42. The van der Waals surface area contributed by atoms with Gasteiger partial charge in [0.15, 0.2) is 5.34 Å². The monoisotopic (exact) mass is 314 g/mol. The largest absolute Gasteiger partial charge is 0.373 e. The highest BCUT2D eigenvalue weighted by Gasteiger charge is 2.47. The van der Waals surface area contributed by atoms with E-state index in [9.17, 15) is 9.67 Å². The van der Waals surface area contributed by atoms with Gasteiger partial charge in [-0.25, -0.2) is 0 Å². The fourth-order valence-electron chi connectivity index (χ4n) is 2.07. The van der Waals surface area contributed by atoms with Crippen molar-refractivity contribution in [2.24, 2.45) is 0 Å². The molecule has 1 atom stereocenters. The van der Waals surface area contributed by atoms with E-state index in [1.165, 1.54) is 6.92 Å². The zero-order chi connectivity index (χ0) is 16.3. The minimum absolute atomic E-state index is 0.0217. The van der Waals surface area contributed by atoms with Gasteiger partial charge in [-0.1, -0.05) is 45.0 Å². The minimum Gasteiger partial charge on any atom is -0.373 e. The summed E-state index contributed by atoms with van der Waals surface area (Å²) in [5, 5.41) is 9.08. The van der Waals surface area contributed by atoms with E-state index in [0.29, 0.717) is 5.56 Å². The van der Waals surface area contributed by atoms with Crippen molar-refractivity contribution in [1.29, 1.82) is 0 Å². The van der Waals surface area contributed by atoms with Gasteiger partial charge in [0.1, 0.15) is 0 Å². The number of hydrogen-bond donors (Lipinski definition) is 1. The Kier molecular flexibility index (Phi) is 5.79. The molecule has 0 bridgehead atoms. The summed E-state index contributed by atoms with van der Waals surface area (Å²) >= 11 is 0. The Morgan fingerprint density at radius 1 is 0.952 bits per heavy atom. The van der Waals surface area contributed by atoms with E-state index in [2.05, 4.69) is 20.8 Å². The highest BCUT2D eigenvalue weighted by atomic mass is 31.2. The Morgan fingerprint density at radius 3 is 1.67 bits per heavy atom. The fraction of sp³-hybridized carbons (Fsp3) is 0.625. The summed E-state index contributed by atoms with van der Waals surface area (Å²) in [7, 11) is -3.64. The van der Waals surface area contributed by atoms with Crippen molar-refractivity contribution in [2.75, 3.05) is 13.2 Å². The summed E-state index contributed by atoms with van der Waals surface area (Å²) in [6, 6.07) is 7.44. The molecule has 1 unspecified atom stereocenters. The standard InChI is InChI=1S/C16H27O4P/c1-7-19-21(18,20-8-2)16(6,17)14-11-9-13(10-12-14)15(3,4)5/h9-12,17H,7-8H2,1-6H3. The van der Waals surface area contributed by atoms with E-state index in [0.717, 1.165) is 5.56 Å². The first-order chi connectivity index (χ1) is 9.58. The second-order valence-corrected chi connectivity index (χ2v) is 8.56. The highest BCUT2D eigenvalue weighted by Crippen LogP contribution is 2.63. The molecular weight excluding hydrogens is 287 g/mol. The van der Waals surface area contributed by atoms with Gasteiger partial charge in [0.2, 0.25) is 0 Å². The molecule has 1 rings (SSSR count). The van der Waals surface area contributed by atoms with Crippen LogP contribution >= 0.6 is 7.60 Å². The molecule has 1 N–H and O–H groups in total. The molecular formula is C16H27O4P. The van der Waals surface area contributed by atoms with Gasteiger partial charge >= 0.3 is 7.60 Å². The molecule has 0 amide bonds. The normalized spacial score (nSPS) is 15.8. The first-order valence-electron chi connectivity index (χ1n) is 7.31. The van der Waals surface area contributed by atoms with Gasteiger partial charge in [-0.15, -0.1) is 0 Å². The van der Waals surface area contributed by atoms with Crippen LogP contribution in [0.4, 0.5) is 0 Å².